The van der Waals surface area contributed by atoms with Gasteiger partial charge in [0.25, 0.3) is 0 Å². The number of anilines is 1. The highest BCUT2D eigenvalue weighted by Gasteiger charge is 2.04. The first-order chi connectivity index (χ1) is 9.10. The van der Waals surface area contributed by atoms with E-state index in [1.807, 2.05) is 6.07 Å². The van der Waals surface area contributed by atoms with Crippen molar-refractivity contribution in [1.29, 1.82) is 0 Å². The zero-order valence-electron chi connectivity index (χ0n) is 10.2. The molecule has 1 N–H and O–H groups in total. The van der Waals surface area contributed by atoms with Crippen LogP contribution in [0.15, 0.2) is 36.4 Å². The topological polar surface area (TPSA) is 21.3 Å². The third-order valence-electron chi connectivity index (χ3n) is 2.65. The van der Waals surface area contributed by atoms with Gasteiger partial charge in [-0.25, -0.2) is 4.39 Å². The van der Waals surface area contributed by atoms with Crippen molar-refractivity contribution in [3.63, 3.8) is 0 Å². The highest BCUT2D eigenvalue weighted by molar-refractivity contribution is 6.32. The van der Waals surface area contributed by atoms with Crippen molar-refractivity contribution in [2.45, 2.75) is 6.54 Å². The molecule has 2 nitrogen and oxygen atoms in total. The molecule has 0 aliphatic carbocycles. The van der Waals surface area contributed by atoms with Crippen LogP contribution in [0.3, 0.4) is 0 Å². The molecule has 2 aromatic rings. The van der Waals surface area contributed by atoms with Gasteiger partial charge in [0, 0.05) is 17.3 Å². The van der Waals surface area contributed by atoms with Crippen molar-refractivity contribution in [2.75, 3.05) is 12.4 Å². The lowest BCUT2D eigenvalue weighted by atomic mass is 10.2. The van der Waals surface area contributed by atoms with E-state index in [-0.39, 0.29) is 5.82 Å². The van der Waals surface area contributed by atoms with Gasteiger partial charge in [-0.1, -0.05) is 29.3 Å². The summed E-state index contributed by atoms with van der Waals surface area (Å²) in [6.45, 7) is 0.488. The second-order valence-corrected chi connectivity index (χ2v) is 4.75. The smallest absolute Gasteiger partial charge is 0.137 e. The van der Waals surface area contributed by atoms with Gasteiger partial charge in [-0.2, -0.15) is 0 Å². The standard InChI is InChI=1S/C14H12Cl2FNO/c1-19-14-5-4-11(7-13(14)16)18-8-9-2-3-10(17)6-12(9)15/h2-7,18H,8H2,1H3. The maximum Gasteiger partial charge on any atom is 0.137 e. The fraction of sp³-hybridized carbons (Fsp3) is 0.143. The van der Waals surface area contributed by atoms with Crippen LogP contribution in [0.1, 0.15) is 5.56 Å². The zero-order chi connectivity index (χ0) is 13.8. The average molecular weight is 300 g/mol. The maximum atomic E-state index is 12.9. The van der Waals surface area contributed by atoms with Crippen molar-refractivity contribution in [3.05, 3.63) is 57.8 Å². The second-order valence-electron chi connectivity index (χ2n) is 3.94. The van der Waals surface area contributed by atoms with Gasteiger partial charge in [-0.15, -0.1) is 0 Å². The molecule has 0 aromatic heterocycles. The van der Waals surface area contributed by atoms with Crippen molar-refractivity contribution in [1.82, 2.24) is 0 Å². The Bertz CT molecular complexity index is 590. The molecule has 0 heterocycles. The number of rotatable bonds is 4. The molecular formula is C14H12Cl2FNO. The molecule has 0 aliphatic rings. The van der Waals surface area contributed by atoms with Gasteiger partial charge in [0.05, 0.1) is 12.1 Å². The molecule has 2 aromatic carbocycles. The third-order valence-corrected chi connectivity index (χ3v) is 3.30. The molecule has 0 radical (unpaired) electrons. The number of hydrogen-bond donors (Lipinski definition) is 1. The number of benzene rings is 2. The van der Waals surface area contributed by atoms with E-state index in [1.54, 1.807) is 25.3 Å². The molecule has 0 spiro atoms. The van der Waals surface area contributed by atoms with Crippen LogP contribution in [0.4, 0.5) is 10.1 Å². The van der Waals surface area contributed by atoms with Crippen molar-refractivity contribution in [3.8, 4) is 5.75 Å². The summed E-state index contributed by atoms with van der Waals surface area (Å²) in [6, 6.07) is 9.70. The van der Waals surface area contributed by atoms with Gasteiger partial charge in [-0.05, 0) is 35.9 Å². The highest BCUT2D eigenvalue weighted by atomic mass is 35.5. The van der Waals surface area contributed by atoms with Gasteiger partial charge in [0.2, 0.25) is 0 Å². The summed E-state index contributed by atoms with van der Waals surface area (Å²) in [6.07, 6.45) is 0. The molecule has 0 amide bonds. The molecule has 0 saturated heterocycles. The second kappa shape index (κ2) is 6.13. The molecule has 0 atom stereocenters. The number of methoxy groups -OCH3 is 1. The monoisotopic (exact) mass is 299 g/mol. The van der Waals surface area contributed by atoms with Crippen LogP contribution >= 0.6 is 23.2 Å². The fourth-order valence-electron chi connectivity index (χ4n) is 1.64. The van der Waals surface area contributed by atoms with Crippen LogP contribution in [-0.2, 0) is 6.54 Å². The van der Waals surface area contributed by atoms with Crippen LogP contribution < -0.4 is 10.1 Å². The largest absolute Gasteiger partial charge is 0.495 e. The van der Waals surface area contributed by atoms with E-state index in [4.69, 9.17) is 27.9 Å². The minimum Gasteiger partial charge on any atom is -0.495 e. The van der Waals surface area contributed by atoms with Crippen LogP contribution in [-0.4, -0.2) is 7.11 Å². The molecule has 0 unspecified atom stereocenters. The Morgan fingerprint density at radius 2 is 1.89 bits per heavy atom. The summed E-state index contributed by atoms with van der Waals surface area (Å²) >= 11 is 12.0. The molecule has 0 fully saturated rings. The van der Waals surface area contributed by atoms with Crippen LogP contribution in [0, 0.1) is 5.82 Å². The summed E-state index contributed by atoms with van der Waals surface area (Å²) in [5.74, 6) is 0.272. The van der Waals surface area contributed by atoms with Crippen molar-refractivity contribution in [2.24, 2.45) is 0 Å². The lowest BCUT2D eigenvalue weighted by Crippen LogP contribution is -2.00. The first-order valence-electron chi connectivity index (χ1n) is 5.61. The quantitative estimate of drug-likeness (QED) is 0.879. The van der Waals surface area contributed by atoms with Gasteiger partial charge < -0.3 is 10.1 Å². The Balaban J connectivity index is 2.08. The molecule has 0 saturated carbocycles. The van der Waals surface area contributed by atoms with E-state index in [2.05, 4.69) is 5.32 Å². The van der Waals surface area contributed by atoms with E-state index < -0.39 is 0 Å². The van der Waals surface area contributed by atoms with E-state index in [0.717, 1.165) is 11.3 Å². The molecule has 19 heavy (non-hydrogen) atoms. The Morgan fingerprint density at radius 3 is 2.53 bits per heavy atom. The molecule has 0 aliphatic heterocycles. The SMILES string of the molecule is COc1ccc(NCc2ccc(F)cc2Cl)cc1Cl. The van der Waals surface area contributed by atoms with Gasteiger partial charge in [0.1, 0.15) is 11.6 Å². The summed E-state index contributed by atoms with van der Waals surface area (Å²) in [4.78, 5) is 0. The predicted molar refractivity (Wildman–Crippen MR) is 76.7 cm³/mol. The summed E-state index contributed by atoms with van der Waals surface area (Å²) in [5.41, 5.74) is 1.65. The average Bonchev–Trinajstić information content (AvgIpc) is 2.38. The maximum absolute atomic E-state index is 12.9. The van der Waals surface area contributed by atoms with Gasteiger partial charge >= 0.3 is 0 Å². The lowest BCUT2D eigenvalue weighted by molar-refractivity contribution is 0.415. The molecule has 100 valence electrons. The lowest BCUT2D eigenvalue weighted by Gasteiger charge is -2.10. The molecule has 2 rings (SSSR count). The Kier molecular flexibility index (Phi) is 4.51. The number of halogens is 3. The minimum atomic E-state index is -0.346. The Morgan fingerprint density at radius 1 is 1.11 bits per heavy atom. The summed E-state index contributed by atoms with van der Waals surface area (Å²) < 4.78 is 18.0. The van der Waals surface area contributed by atoms with Crippen LogP contribution in [0.5, 0.6) is 5.75 Å². The first kappa shape index (κ1) is 14.0. The minimum absolute atomic E-state index is 0.346. The van der Waals surface area contributed by atoms with E-state index >= 15 is 0 Å². The predicted octanol–water partition coefficient (Wildman–Crippen LogP) is 4.75. The van der Waals surface area contributed by atoms with E-state index in [9.17, 15) is 4.39 Å². The van der Waals surface area contributed by atoms with Crippen molar-refractivity contribution >= 4 is 28.9 Å². The van der Waals surface area contributed by atoms with Crippen molar-refractivity contribution < 1.29 is 9.13 Å². The summed E-state index contributed by atoms with van der Waals surface area (Å²) in [5, 5.41) is 4.09. The number of ether oxygens (including phenoxy) is 1. The highest BCUT2D eigenvalue weighted by Crippen LogP contribution is 2.27. The molecule has 5 heteroatoms. The van der Waals surface area contributed by atoms with E-state index in [0.29, 0.717) is 22.3 Å². The molecule has 0 bridgehead atoms. The van der Waals surface area contributed by atoms with E-state index in [1.165, 1.54) is 12.1 Å². The van der Waals surface area contributed by atoms with Gasteiger partial charge in [-0.3, -0.25) is 0 Å². The van der Waals surface area contributed by atoms with Crippen LogP contribution in [0.25, 0.3) is 0 Å². The third kappa shape index (κ3) is 3.52. The van der Waals surface area contributed by atoms with Crippen LogP contribution in [0.2, 0.25) is 10.0 Å². The molecular weight excluding hydrogens is 288 g/mol. The fourth-order valence-corrected chi connectivity index (χ4v) is 2.13. The van der Waals surface area contributed by atoms with Gasteiger partial charge in [0.15, 0.2) is 0 Å². The Hall–Kier alpha value is -1.45. The first-order valence-corrected chi connectivity index (χ1v) is 6.37. The number of nitrogens with one attached hydrogen (secondary N) is 1. The normalized spacial score (nSPS) is 10.3. The number of hydrogen-bond acceptors (Lipinski definition) is 2. The zero-order valence-corrected chi connectivity index (χ0v) is 11.7. The summed E-state index contributed by atoms with van der Waals surface area (Å²) in [7, 11) is 1.56. The Labute approximate surface area is 121 Å².